The third kappa shape index (κ3) is 4.57. The van der Waals surface area contributed by atoms with Crippen LogP contribution in [0.15, 0.2) is 41.3 Å². The number of aryl methyl sites for hydroxylation is 2. The number of nitrogens with one attached hydrogen (secondary N) is 1. The molecule has 31 heavy (non-hydrogen) atoms. The van der Waals surface area contributed by atoms with Crippen molar-refractivity contribution in [1.82, 2.24) is 0 Å². The second-order valence-electron chi connectivity index (χ2n) is 7.04. The summed E-state index contributed by atoms with van der Waals surface area (Å²) in [5.41, 5.74) is 1.24. The first-order chi connectivity index (χ1) is 14.5. The molecule has 1 saturated heterocycles. The van der Waals surface area contributed by atoms with Crippen molar-refractivity contribution in [2.75, 3.05) is 21.4 Å². The molecule has 0 aromatic heterocycles. The van der Waals surface area contributed by atoms with Crippen LogP contribution < -0.4 is 9.03 Å². The molecule has 1 amide bonds. The van der Waals surface area contributed by atoms with E-state index < -0.39 is 31.9 Å². The van der Waals surface area contributed by atoms with E-state index in [0.29, 0.717) is 11.1 Å². The van der Waals surface area contributed by atoms with Gasteiger partial charge >= 0.3 is 5.97 Å². The van der Waals surface area contributed by atoms with Crippen LogP contribution in [0.4, 0.5) is 11.4 Å². The zero-order chi connectivity index (χ0) is 23.0. The zero-order valence-electron chi connectivity index (χ0n) is 17.2. The summed E-state index contributed by atoms with van der Waals surface area (Å²) in [7, 11) is -7.77. The van der Waals surface area contributed by atoms with Gasteiger partial charge in [0.2, 0.25) is 15.9 Å². The topological polar surface area (TPSA) is 127 Å². The Morgan fingerprint density at radius 3 is 2.19 bits per heavy atom. The molecule has 0 bridgehead atoms. The molecular formula is C20H22N2O7S2. The first-order valence-electron chi connectivity index (χ1n) is 9.43. The van der Waals surface area contributed by atoms with Crippen LogP contribution in [-0.4, -0.2) is 41.1 Å². The highest BCUT2D eigenvalue weighted by Gasteiger charge is 2.37. The van der Waals surface area contributed by atoms with Crippen LogP contribution >= 0.6 is 0 Å². The minimum absolute atomic E-state index is 0.0187. The molecule has 0 aliphatic carbocycles. The third-order valence-corrected chi connectivity index (χ3v) is 8.05. The summed E-state index contributed by atoms with van der Waals surface area (Å²) in [5.74, 6) is -1.33. The van der Waals surface area contributed by atoms with Crippen LogP contribution in [0.2, 0.25) is 0 Å². The monoisotopic (exact) mass is 466 g/mol. The van der Waals surface area contributed by atoms with E-state index in [2.05, 4.69) is 4.72 Å². The maximum atomic E-state index is 13.0. The van der Waals surface area contributed by atoms with Crippen LogP contribution in [0, 0.1) is 13.8 Å². The number of hydrogen-bond donors (Lipinski definition) is 1. The zero-order valence-corrected chi connectivity index (χ0v) is 18.8. The molecular weight excluding hydrogens is 444 g/mol. The Kier molecular flexibility index (Phi) is 6.10. The first kappa shape index (κ1) is 22.8. The molecule has 0 radical (unpaired) electrons. The minimum Gasteiger partial charge on any atom is -0.462 e. The summed E-state index contributed by atoms with van der Waals surface area (Å²) in [6, 6.07) is 8.51. The number of nitrogens with zero attached hydrogens (tertiary/aromatic N) is 1. The molecule has 1 fully saturated rings. The van der Waals surface area contributed by atoms with Gasteiger partial charge in [-0.2, -0.15) is 0 Å². The van der Waals surface area contributed by atoms with Gasteiger partial charge in [-0.05, 0) is 68.3 Å². The molecule has 166 valence electrons. The maximum absolute atomic E-state index is 13.0. The largest absolute Gasteiger partial charge is 0.462 e. The van der Waals surface area contributed by atoms with E-state index >= 15 is 0 Å². The Morgan fingerprint density at radius 2 is 1.71 bits per heavy atom. The number of benzene rings is 2. The van der Waals surface area contributed by atoms with E-state index in [1.165, 1.54) is 50.2 Å². The summed E-state index contributed by atoms with van der Waals surface area (Å²) in [5, 5.41) is 0. The number of hydrogen-bond acceptors (Lipinski definition) is 7. The molecule has 2 aromatic rings. The molecule has 0 spiro atoms. The Bertz CT molecular complexity index is 1230. The summed E-state index contributed by atoms with van der Waals surface area (Å²) < 4.78 is 58.4. The van der Waals surface area contributed by atoms with Crippen molar-refractivity contribution < 1.29 is 31.2 Å². The van der Waals surface area contributed by atoms with Gasteiger partial charge < -0.3 is 4.74 Å². The summed E-state index contributed by atoms with van der Waals surface area (Å²) in [6.07, 6.45) is -0.107. The summed E-state index contributed by atoms with van der Waals surface area (Å²) in [4.78, 5) is 23.7. The van der Waals surface area contributed by atoms with Crippen molar-refractivity contribution in [3.05, 3.63) is 53.1 Å². The highest BCUT2D eigenvalue weighted by molar-refractivity contribution is 7.94. The van der Waals surface area contributed by atoms with Gasteiger partial charge in [-0.15, -0.1) is 0 Å². The maximum Gasteiger partial charge on any atom is 0.338 e. The van der Waals surface area contributed by atoms with Crippen molar-refractivity contribution in [3.63, 3.8) is 0 Å². The Morgan fingerprint density at radius 1 is 1.13 bits per heavy atom. The lowest BCUT2D eigenvalue weighted by molar-refractivity contribution is -0.116. The highest BCUT2D eigenvalue weighted by atomic mass is 32.2. The quantitative estimate of drug-likeness (QED) is 0.647. The van der Waals surface area contributed by atoms with Crippen molar-refractivity contribution in [2.24, 2.45) is 0 Å². The van der Waals surface area contributed by atoms with Crippen molar-refractivity contribution in [3.8, 4) is 0 Å². The molecule has 0 saturated carbocycles. The van der Waals surface area contributed by atoms with Gasteiger partial charge in [-0.3, -0.25) is 9.52 Å². The lowest BCUT2D eigenvalue weighted by atomic mass is 10.1. The SMILES string of the molecule is CCOC(=O)c1ccc(NS(=O)(=O)c2c(C)cc(N3C(=O)CCS3(=O)=O)cc2C)cc1. The van der Waals surface area contributed by atoms with Gasteiger partial charge in [0.05, 0.1) is 28.5 Å². The van der Waals surface area contributed by atoms with Gasteiger partial charge in [0.15, 0.2) is 0 Å². The lowest BCUT2D eigenvalue weighted by Crippen LogP contribution is -2.29. The predicted molar refractivity (Wildman–Crippen MR) is 115 cm³/mol. The molecule has 11 heteroatoms. The third-order valence-electron chi connectivity index (χ3n) is 4.68. The Hall–Kier alpha value is -2.92. The normalized spacial score (nSPS) is 15.7. The van der Waals surface area contributed by atoms with Crippen molar-refractivity contribution in [2.45, 2.75) is 32.1 Å². The average molecular weight is 467 g/mol. The molecule has 2 aromatic carbocycles. The molecule has 9 nitrogen and oxygen atoms in total. The lowest BCUT2D eigenvalue weighted by Gasteiger charge is -2.19. The number of esters is 1. The Labute approximate surface area is 181 Å². The summed E-state index contributed by atoms with van der Waals surface area (Å²) >= 11 is 0. The van der Waals surface area contributed by atoms with Crippen LogP contribution in [0.3, 0.4) is 0 Å². The van der Waals surface area contributed by atoms with Crippen LogP contribution in [0.1, 0.15) is 34.8 Å². The molecule has 0 unspecified atom stereocenters. The molecule has 1 N–H and O–H groups in total. The van der Waals surface area contributed by atoms with Crippen molar-refractivity contribution in [1.29, 1.82) is 0 Å². The number of sulfonamides is 2. The standard InChI is InChI=1S/C20H22N2O7S2/c1-4-29-20(24)15-5-7-16(8-6-15)21-31(27,28)19-13(2)11-17(12-14(19)3)22-18(23)9-10-30(22,25)26/h5-8,11-12,21H,4,9-10H2,1-3H3. The van der Waals surface area contributed by atoms with Crippen LogP contribution in [0.5, 0.6) is 0 Å². The number of carbonyl (C=O) groups excluding carboxylic acids is 2. The molecule has 1 aliphatic rings. The number of carbonyl (C=O) groups is 2. The van der Waals surface area contributed by atoms with Gasteiger partial charge in [0.25, 0.3) is 10.0 Å². The number of anilines is 2. The molecule has 1 aliphatic heterocycles. The first-order valence-corrected chi connectivity index (χ1v) is 12.5. The van der Waals surface area contributed by atoms with E-state index in [1.807, 2.05) is 0 Å². The molecule has 0 atom stereocenters. The predicted octanol–water partition coefficient (Wildman–Crippen LogP) is 2.35. The average Bonchev–Trinajstić information content (AvgIpc) is 2.93. The van der Waals surface area contributed by atoms with Crippen LogP contribution in [-0.2, 0) is 29.6 Å². The summed E-state index contributed by atoms with van der Waals surface area (Å²) in [6.45, 7) is 4.97. The van der Waals surface area contributed by atoms with E-state index in [1.54, 1.807) is 6.92 Å². The van der Waals surface area contributed by atoms with Gasteiger partial charge in [-0.1, -0.05) is 0 Å². The van der Waals surface area contributed by atoms with E-state index in [-0.39, 0.29) is 40.6 Å². The highest BCUT2D eigenvalue weighted by Crippen LogP contribution is 2.32. The fraction of sp³-hybridized carbons (Fsp3) is 0.300. The second kappa shape index (κ2) is 8.31. The molecule has 3 rings (SSSR count). The smallest absolute Gasteiger partial charge is 0.338 e. The van der Waals surface area contributed by atoms with Crippen molar-refractivity contribution >= 4 is 43.3 Å². The van der Waals surface area contributed by atoms with E-state index in [9.17, 15) is 26.4 Å². The number of amides is 1. The number of ether oxygens (including phenoxy) is 1. The minimum atomic E-state index is -4.02. The molecule has 1 heterocycles. The van der Waals surface area contributed by atoms with Gasteiger partial charge in [0.1, 0.15) is 0 Å². The van der Waals surface area contributed by atoms with E-state index in [4.69, 9.17) is 4.74 Å². The van der Waals surface area contributed by atoms with Crippen LogP contribution in [0.25, 0.3) is 0 Å². The second-order valence-corrected chi connectivity index (χ2v) is 10.6. The fourth-order valence-corrected chi connectivity index (χ4v) is 6.39. The van der Waals surface area contributed by atoms with E-state index in [0.717, 1.165) is 4.31 Å². The van der Waals surface area contributed by atoms with Gasteiger partial charge in [0, 0.05) is 12.1 Å². The Balaban J connectivity index is 1.91. The van der Waals surface area contributed by atoms with Gasteiger partial charge in [-0.25, -0.2) is 25.9 Å². The number of rotatable bonds is 6. The fourth-order valence-electron chi connectivity index (χ4n) is 3.43.